The number of nitrogens with one attached hydrogen (secondary N) is 2. The van der Waals surface area contributed by atoms with Gasteiger partial charge in [-0.3, -0.25) is 0 Å². The van der Waals surface area contributed by atoms with Gasteiger partial charge < -0.3 is 5.32 Å². The first-order chi connectivity index (χ1) is 9.40. The van der Waals surface area contributed by atoms with Gasteiger partial charge >= 0.3 is 0 Å². The van der Waals surface area contributed by atoms with Crippen LogP contribution in [0.15, 0.2) is 24.3 Å². The maximum atomic E-state index is 3.98. The molecule has 0 fully saturated rings. The van der Waals surface area contributed by atoms with Crippen molar-refractivity contribution in [3.8, 4) is 11.4 Å². The second-order valence-electron chi connectivity index (χ2n) is 4.66. The third kappa shape index (κ3) is 4.35. The number of unbranched alkanes of at least 4 members (excludes halogenated alkanes) is 4. The van der Waals surface area contributed by atoms with E-state index in [2.05, 4.69) is 45.0 Å². The first-order valence-corrected chi connectivity index (χ1v) is 6.98. The van der Waals surface area contributed by atoms with Gasteiger partial charge in [-0.05, 0) is 23.8 Å². The molecule has 2 aromatic rings. The fraction of sp³-hybridized carbons (Fsp3) is 0.500. The largest absolute Gasteiger partial charge is 0.385 e. The summed E-state index contributed by atoms with van der Waals surface area (Å²) in [5, 5.41) is 17.4. The minimum atomic E-state index is 0.631. The second-order valence-corrected chi connectivity index (χ2v) is 4.66. The minimum absolute atomic E-state index is 0.631. The molecule has 0 radical (unpaired) electrons. The Kier molecular flexibility index (Phi) is 5.34. The number of benzene rings is 1. The normalized spacial score (nSPS) is 10.6. The molecule has 0 aliphatic heterocycles. The summed E-state index contributed by atoms with van der Waals surface area (Å²) in [6.07, 6.45) is 6.48. The van der Waals surface area contributed by atoms with E-state index in [1.165, 1.54) is 32.1 Å². The third-order valence-electron chi connectivity index (χ3n) is 3.08. The molecule has 1 heterocycles. The van der Waals surface area contributed by atoms with Crippen LogP contribution in [-0.2, 0) is 0 Å². The maximum Gasteiger partial charge on any atom is 0.204 e. The van der Waals surface area contributed by atoms with Gasteiger partial charge in [0.2, 0.25) is 5.82 Å². The summed E-state index contributed by atoms with van der Waals surface area (Å²) in [4.78, 5) is 0. The molecule has 0 aliphatic carbocycles. The Hall–Kier alpha value is -1.91. The SMILES string of the molecule is CCCCCCCNc1cccc(-c2nn[nH]n2)c1. The van der Waals surface area contributed by atoms with Crippen molar-refractivity contribution in [2.45, 2.75) is 39.0 Å². The summed E-state index contributed by atoms with van der Waals surface area (Å²) >= 11 is 0. The minimum Gasteiger partial charge on any atom is -0.385 e. The Balaban J connectivity index is 1.79. The Morgan fingerprint density at radius 3 is 2.84 bits per heavy atom. The molecule has 5 nitrogen and oxygen atoms in total. The second kappa shape index (κ2) is 7.51. The van der Waals surface area contributed by atoms with Crippen LogP contribution in [0, 0.1) is 0 Å². The van der Waals surface area contributed by atoms with E-state index < -0.39 is 0 Å². The molecule has 19 heavy (non-hydrogen) atoms. The van der Waals surface area contributed by atoms with E-state index in [4.69, 9.17) is 0 Å². The van der Waals surface area contributed by atoms with Crippen LogP contribution in [0.25, 0.3) is 11.4 Å². The van der Waals surface area contributed by atoms with Crippen molar-refractivity contribution in [3.63, 3.8) is 0 Å². The zero-order chi connectivity index (χ0) is 13.3. The molecule has 0 spiro atoms. The Bertz CT molecular complexity index is 466. The van der Waals surface area contributed by atoms with Crippen LogP contribution in [0.4, 0.5) is 5.69 Å². The van der Waals surface area contributed by atoms with Crippen LogP contribution in [0.5, 0.6) is 0 Å². The molecule has 0 amide bonds. The van der Waals surface area contributed by atoms with Gasteiger partial charge in [-0.2, -0.15) is 5.21 Å². The van der Waals surface area contributed by atoms with Crippen molar-refractivity contribution in [1.82, 2.24) is 20.6 Å². The monoisotopic (exact) mass is 259 g/mol. The van der Waals surface area contributed by atoms with Crippen LogP contribution in [-0.4, -0.2) is 27.2 Å². The van der Waals surface area contributed by atoms with E-state index in [1.807, 2.05) is 12.1 Å². The molecule has 2 N–H and O–H groups in total. The van der Waals surface area contributed by atoms with Gasteiger partial charge in [0.15, 0.2) is 0 Å². The van der Waals surface area contributed by atoms with Crippen molar-refractivity contribution in [1.29, 1.82) is 0 Å². The average molecular weight is 259 g/mol. The first-order valence-electron chi connectivity index (χ1n) is 6.98. The zero-order valence-electron chi connectivity index (χ0n) is 11.4. The molecule has 0 bridgehead atoms. The third-order valence-corrected chi connectivity index (χ3v) is 3.08. The van der Waals surface area contributed by atoms with Crippen LogP contribution in [0.1, 0.15) is 39.0 Å². The summed E-state index contributed by atoms with van der Waals surface area (Å²) in [6.45, 7) is 3.25. The molecular weight excluding hydrogens is 238 g/mol. The Labute approximate surface area is 113 Å². The topological polar surface area (TPSA) is 66.5 Å². The summed E-state index contributed by atoms with van der Waals surface area (Å²) in [5.74, 6) is 0.631. The van der Waals surface area contributed by atoms with Gasteiger partial charge in [0.05, 0.1) is 0 Å². The molecule has 0 aliphatic rings. The van der Waals surface area contributed by atoms with Crippen molar-refractivity contribution in [2.75, 3.05) is 11.9 Å². The molecule has 102 valence electrons. The van der Waals surface area contributed by atoms with Gasteiger partial charge in [0, 0.05) is 17.8 Å². The van der Waals surface area contributed by atoms with Gasteiger partial charge in [0.1, 0.15) is 0 Å². The highest BCUT2D eigenvalue weighted by atomic mass is 15.5. The highest BCUT2D eigenvalue weighted by molar-refractivity contribution is 5.61. The highest BCUT2D eigenvalue weighted by Crippen LogP contribution is 2.18. The molecule has 0 saturated carbocycles. The highest BCUT2D eigenvalue weighted by Gasteiger charge is 2.02. The molecular formula is C14H21N5. The molecule has 1 aromatic carbocycles. The van der Waals surface area contributed by atoms with E-state index in [9.17, 15) is 0 Å². The molecule has 0 unspecified atom stereocenters. The fourth-order valence-electron chi connectivity index (χ4n) is 2.01. The Morgan fingerprint density at radius 1 is 1.16 bits per heavy atom. The molecule has 1 aromatic heterocycles. The van der Waals surface area contributed by atoms with Crippen LogP contribution >= 0.6 is 0 Å². The number of H-pyrrole nitrogens is 1. The lowest BCUT2D eigenvalue weighted by molar-refractivity contribution is 0.645. The fourth-order valence-corrected chi connectivity index (χ4v) is 2.01. The Morgan fingerprint density at radius 2 is 2.05 bits per heavy atom. The number of rotatable bonds is 8. The van der Waals surface area contributed by atoms with Crippen LogP contribution < -0.4 is 5.32 Å². The van der Waals surface area contributed by atoms with E-state index in [0.717, 1.165) is 17.8 Å². The number of aromatic amines is 1. The lowest BCUT2D eigenvalue weighted by Crippen LogP contribution is -2.01. The van der Waals surface area contributed by atoms with Gasteiger partial charge in [-0.15, -0.1) is 10.2 Å². The summed E-state index contributed by atoms with van der Waals surface area (Å²) < 4.78 is 0. The van der Waals surface area contributed by atoms with Gasteiger partial charge in [-0.25, -0.2) is 0 Å². The predicted octanol–water partition coefficient (Wildman–Crippen LogP) is 3.25. The summed E-state index contributed by atoms with van der Waals surface area (Å²) in [6, 6.07) is 8.11. The molecule has 0 saturated heterocycles. The quantitative estimate of drug-likeness (QED) is 0.714. The summed E-state index contributed by atoms with van der Waals surface area (Å²) in [7, 11) is 0. The van der Waals surface area contributed by atoms with Gasteiger partial charge in [-0.1, -0.05) is 44.7 Å². The molecule has 2 rings (SSSR count). The number of nitrogens with zero attached hydrogens (tertiary/aromatic N) is 3. The van der Waals surface area contributed by atoms with Crippen molar-refractivity contribution in [3.05, 3.63) is 24.3 Å². The van der Waals surface area contributed by atoms with Crippen molar-refractivity contribution >= 4 is 5.69 Å². The predicted molar refractivity (Wildman–Crippen MR) is 76.9 cm³/mol. The van der Waals surface area contributed by atoms with E-state index in [1.54, 1.807) is 0 Å². The van der Waals surface area contributed by atoms with Gasteiger partial charge in [0.25, 0.3) is 0 Å². The number of hydrogen-bond donors (Lipinski definition) is 2. The van der Waals surface area contributed by atoms with E-state index >= 15 is 0 Å². The first kappa shape index (κ1) is 13.5. The van der Waals surface area contributed by atoms with Crippen molar-refractivity contribution in [2.24, 2.45) is 0 Å². The van der Waals surface area contributed by atoms with Crippen LogP contribution in [0.3, 0.4) is 0 Å². The van der Waals surface area contributed by atoms with Crippen LogP contribution in [0.2, 0.25) is 0 Å². The lowest BCUT2D eigenvalue weighted by atomic mass is 10.1. The number of tetrazole rings is 1. The number of aromatic nitrogens is 4. The smallest absolute Gasteiger partial charge is 0.204 e. The molecule has 5 heteroatoms. The standard InChI is InChI=1S/C14H21N5/c1-2-3-4-5-6-10-15-13-9-7-8-12(11-13)14-16-18-19-17-14/h7-9,11,15H,2-6,10H2,1H3,(H,16,17,18,19). The average Bonchev–Trinajstić information content (AvgIpc) is 2.97. The maximum absolute atomic E-state index is 3.98. The summed E-state index contributed by atoms with van der Waals surface area (Å²) in [5.41, 5.74) is 2.09. The zero-order valence-corrected chi connectivity index (χ0v) is 11.4. The number of hydrogen-bond acceptors (Lipinski definition) is 4. The van der Waals surface area contributed by atoms with E-state index in [0.29, 0.717) is 5.82 Å². The molecule has 0 atom stereocenters. The number of anilines is 1. The van der Waals surface area contributed by atoms with E-state index in [-0.39, 0.29) is 0 Å². The van der Waals surface area contributed by atoms with Crippen molar-refractivity contribution < 1.29 is 0 Å². The lowest BCUT2D eigenvalue weighted by Gasteiger charge is -2.07.